The first-order valence-corrected chi connectivity index (χ1v) is 2.42. The molecule has 0 unspecified atom stereocenters. The third-order valence-corrected chi connectivity index (χ3v) is 0.663. The molecule has 45 valence electrons. The van der Waals surface area contributed by atoms with Crippen molar-refractivity contribution >= 4 is 5.91 Å². The Morgan fingerprint density at radius 3 is 2.38 bits per heavy atom. The SMILES string of the molecule is C=C(C)C(=O)N[CH]C. The Labute approximate surface area is 49.6 Å². The van der Waals surface area contributed by atoms with Crippen molar-refractivity contribution in [3.05, 3.63) is 18.7 Å². The average Bonchev–Trinajstić information content (AvgIpc) is 1.67. The van der Waals surface area contributed by atoms with Gasteiger partial charge in [-0.25, -0.2) is 0 Å². The first kappa shape index (κ1) is 7.21. The molecular formula is C6H10NO. The molecular weight excluding hydrogens is 102 g/mol. The van der Waals surface area contributed by atoms with Crippen LogP contribution in [0.25, 0.3) is 0 Å². The fraction of sp³-hybridized carbons (Fsp3) is 0.333. The summed E-state index contributed by atoms with van der Waals surface area (Å²) >= 11 is 0. The lowest BCUT2D eigenvalue weighted by Crippen LogP contribution is -2.18. The van der Waals surface area contributed by atoms with E-state index in [1.807, 2.05) is 0 Å². The van der Waals surface area contributed by atoms with Gasteiger partial charge in [0, 0.05) is 12.1 Å². The molecule has 2 heteroatoms. The van der Waals surface area contributed by atoms with E-state index in [2.05, 4.69) is 11.9 Å². The average molecular weight is 112 g/mol. The number of carbonyl (C=O) groups excluding carboxylic acids is 1. The monoisotopic (exact) mass is 112 g/mol. The summed E-state index contributed by atoms with van der Waals surface area (Å²) in [5, 5.41) is 2.48. The van der Waals surface area contributed by atoms with Crippen molar-refractivity contribution in [2.45, 2.75) is 13.8 Å². The van der Waals surface area contributed by atoms with E-state index in [0.29, 0.717) is 5.57 Å². The maximum Gasteiger partial charge on any atom is 0.246 e. The molecule has 0 saturated heterocycles. The third-order valence-electron chi connectivity index (χ3n) is 0.663. The highest BCUT2D eigenvalue weighted by Gasteiger charge is 1.95. The molecule has 0 rings (SSSR count). The Morgan fingerprint density at radius 2 is 2.25 bits per heavy atom. The quantitative estimate of drug-likeness (QED) is 0.527. The summed E-state index contributed by atoms with van der Waals surface area (Å²) in [4.78, 5) is 10.5. The van der Waals surface area contributed by atoms with Crippen LogP contribution in [0, 0.1) is 6.54 Å². The zero-order valence-corrected chi connectivity index (χ0v) is 5.19. The Hall–Kier alpha value is -0.790. The van der Waals surface area contributed by atoms with E-state index < -0.39 is 0 Å². The van der Waals surface area contributed by atoms with Gasteiger partial charge in [-0.15, -0.1) is 0 Å². The van der Waals surface area contributed by atoms with Gasteiger partial charge in [0.1, 0.15) is 0 Å². The summed E-state index contributed by atoms with van der Waals surface area (Å²) in [6.45, 7) is 8.44. The predicted octanol–water partition coefficient (Wildman–Crippen LogP) is 0.860. The molecule has 0 atom stereocenters. The predicted molar refractivity (Wildman–Crippen MR) is 32.9 cm³/mol. The van der Waals surface area contributed by atoms with Gasteiger partial charge in [0.05, 0.1) is 0 Å². The molecule has 0 aliphatic carbocycles. The van der Waals surface area contributed by atoms with Crippen LogP contribution in [0.15, 0.2) is 12.2 Å². The topological polar surface area (TPSA) is 29.1 Å². The van der Waals surface area contributed by atoms with Gasteiger partial charge in [-0.2, -0.15) is 0 Å². The normalized spacial score (nSPS) is 8.25. The molecule has 8 heavy (non-hydrogen) atoms. The molecule has 1 N–H and O–H groups in total. The standard InChI is InChI=1S/C6H10NO/c1-4-7-6(8)5(2)3/h4H,2H2,1,3H3,(H,7,8). The molecule has 0 aromatic heterocycles. The first-order valence-electron chi connectivity index (χ1n) is 2.42. The largest absolute Gasteiger partial charge is 0.348 e. The van der Waals surface area contributed by atoms with E-state index in [9.17, 15) is 4.79 Å². The maximum atomic E-state index is 10.5. The minimum atomic E-state index is -0.118. The van der Waals surface area contributed by atoms with E-state index in [4.69, 9.17) is 0 Å². The minimum Gasteiger partial charge on any atom is -0.348 e. The van der Waals surface area contributed by atoms with Crippen molar-refractivity contribution in [2.24, 2.45) is 0 Å². The van der Waals surface area contributed by atoms with Gasteiger partial charge in [-0.3, -0.25) is 4.79 Å². The lowest BCUT2D eigenvalue weighted by molar-refractivity contribution is -0.116. The second-order valence-electron chi connectivity index (χ2n) is 1.54. The third kappa shape index (κ3) is 2.39. The summed E-state index contributed by atoms with van der Waals surface area (Å²) in [5.41, 5.74) is 0.531. The molecule has 0 bridgehead atoms. The summed E-state index contributed by atoms with van der Waals surface area (Å²) in [7, 11) is 0. The molecule has 0 aliphatic heterocycles. The summed E-state index contributed by atoms with van der Waals surface area (Å²) in [6, 6.07) is 0. The van der Waals surface area contributed by atoms with E-state index in [-0.39, 0.29) is 5.91 Å². The van der Waals surface area contributed by atoms with Crippen LogP contribution in [-0.4, -0.2) is 5.91 Å². The molecule has 0 aromatic carbocycles. The maximum absolute atomic E-state index is 10.5. The summed E-state index contributed by atoms with van der Waals surface area (Å²) in [5.74, 6) is -0.118. The molecule has 0 heterocycles. The first-order chi connectivity index (χ1) is 3.68. The smallest absolute Gasteiger partial charge is 0.246 e. The van der Waals surface area contributed by atoms with Crippen molar-refractivity contribution in [3.63, 3.8) is 0 Å². The van der Waals surface area contributed by atoms with Crippen molar-refractivity contribution < 1.29 is 4.79 Å². The number of carbonyl (C=O) groups is 1. The van der Waals surface area contributed by atoms with E-state index in [1.54, 1.807) is 20.4 Å². The number of rotatable bonds is 2. The van der Waals surface area contributed by atoms with Gasteiger partial charge in [0.25, 0.3) is 0 Å². The molecule has 2 nitrogen and oxygen atoms in total. The van der Waals surface area contributed by atoms with Crippen molar-refractivity contribution in [3.8, 4) is 0 Å². The van der Waals surface area contributed by atoms with Gasteiger partial charge >= 0.3 is 0 Å². The fourth-order valence-electron chi connectivity index (χ4n) is 0.254. The second kappa shape index (κ2) is 3.24. The molecule has 0 fully saturated rings. The van der Waals surface area contributed by atoms with Crippen molar-refractivity contribution in [2.75, 3.05) is 0 Å². The van der Waals surface area contributed by atoms with Gasteiger partial charge < -0.3 is 5.32 Å². The van der Waals surface area contributed by atoms with Crippen LogP contribution in [0.1, 0.15) is 13.8 Å². The van der Waals surface area contributed by atoms with Crippen LogP contribution in [0.5, 0.6) is 0 Å². The highest BCUT2D eigenvalue weighted by molar-refractivity contribution is 5.92. The Balaban J connectivity index is 3.49. The van der Waals surface area contributed by atoms with Crippen molar-refractivity contribution in [1.82, 2.24) is 5.32 Å². The minimum absolute atomic E-state index is 0.118. The van der Waals surface area contributed by atoms with Crippen LogP contribution >= 0.6 is 0 Å². The van der Waals surface area contributed by atoms with Crippen LogP contribution in [0.2, 0.25) is 0 Å². The molecule has 1 amide bonds. The Morgan fingerprint density at radius 1 is 1.75 bits per heavy atom. The molecule has 0 saturated carbocycles. The molecule has 0 aliphatic rings. The number of hydrogen-bond acceptors (Lipinski definition) is 1. The zero-order valence-electron chi connectivity index (χ0n) is 5.19. The molecule has 1 radical (unpaired) electrons. The van der Waals surface area contributed by atoms with Crippen molar-refractivity contribution in [1.29, 1.82) is 0 Å². The van der Waals surface area contributed by atoms with Gasteiger partial charge in [0.15, 0.2) is 0 Å². The summed E-state index contributed by atoms with van der Waals surface area (Å²) < 4.78 is 0. The lowest BCUT2D eigenvalue weighted by Gasteiger charge is -1.96. The zero-order chi connectivity index (χ0) is 6.57. The highest BCUT2D eigenvalue weighted by atomic mass is 16.1. The van der Waals surface area contributed by atoms with Crippen LogP contribution < -0.4 is 5.32 Å². The van der Waals surface area contributed by atoms with E-state index >= 15 is 0 Å². The fourth-order valence-corrected chi connectivity index (χ4v) is 0.254. The highest BCUT2D eigenvalue weighted by Crippen LogP contribution is 1.84. The van der Waals surface area contributed by atoms with Crippen LogP contribution in [0.3, 0.4) is 0 Å². The number of nitrogens with one attached hydrogen (secondary N) is 1. The second-order valence-corrected chi connectivity index (χ2v) is 1.54. The van der Waals surface area contributed by atoms with Gasteiger partial charge in [-0.1, -0.05) is 6.58 Å². The van der Waals surface area contributed by atoms with Gasteiger partial charge in [-0.05, 0) is 13.8 Å². The van der Waals surface area contributed by atoms with E-state index in [1.165, 1.54) is 0 Å². The number of hydrogen-bond donors (Lipinski definition) is 1. The van der Waals surface area contributed by atoms with E-state index in [0.717, 1.165) is 0 Å². The summed E-state index contributed by atoms with van der Waals surface area (Å²) in [6.07, 6.45) is 0. The Kier molecular flexibility index (Phi) is 2.92. The lowest BCUT2D eigenvalue weighted by atomic mass is 10.3. The molecule has 0 aromatic rings. The van der Waals surface area contributed by atoms with Crippen LogP contribution in [0.4, 0.5) is 0 Å². The Bertz CT molecular complexity index is 107. The molecule has 0 spiro atoms. The van der Waals surface area contributed by atoms with Crippen LogP contribution in [-0.2, 0) is 4.79 Å². The van der Waals surface area contributed by atoms with Gasteiger partial charge in [0.2, 0.25) is 5.91 Å². The number of amides is 1.